The summed E-state index contributed by atoms with van der Waals surface area (Å²) in [4.78, 5) is 0.817. The SMILES string of the molecule is C=C/C(=C\C=C(/C)C(C)C)S(=O)N1CCCCC1.CC(C)C. The van der Waals surface area contributed by atoms with Crippen LogP contribution in [0.25, 0.3) is 0 Å². The normalized spacial score (nSPS) is 18.9. The zero-order valence-electron chi connectivity index (χ0n) is 15.4. The predicted octanol–water partition coefficient (Wildman–Crippen LogP) is 5.47. The van der Waals surface area contributed by atoms with Crippen molar-refractivity contribution in [1.82, 2.24) is 4.31 Å². The van der Waals surface area contributed by atoms with Crippen molar-refractivity contribution >= 4 is 11.0 Å². The lowest BCUT2D eigenvalue weighted by Gasteiger charge is -2.25. The molecular weight excluding hydrogens is 290 g/mol. The van der Waals surface area contributed by atoms with Crippen LogP contribution in [0.15, 0.2) is 35.3 Å². The third kappa shape index (κ3) is 9.37. The van der Waals surface area contributed by atoms with Gasteiger partial charge in [-0.1, -0.05) is 65.3 Å². The van der Waals surface area contributed by atoms with E-state index in [2.05, 4.69) is 58.5 Å². The van der Waals surface area contributed by atoms with Crippen LogP contribution in [0, 0.1) is 11.8 Å². The molecule has 0 aliphatic carbocycles. The van der Waals surface area contributed by atoms with Gasteiger partial charge in [0.2, 0.25) is 0 Å². The summed E-state index contributed by atoms with van der Waals surface area (Å²) in [5.74, 6) is 1.36. The quantitative estimate of drug-likeness (QED) is 0.614. The van der Waals surface area contributed by atoms with Gasteiger partial charge in [-0.3, -0.25) is 0 Å². The number of piperidine rings is 1. The molecule has 1 rings (SSSR count). The van der Waals surface area contributed by atoms with Gasteiger partial charge in [0.25, 0.3) is 0 Å². The fourth-order valence-corrected chi connectivity index (χ4v) is 3.00. The molecule has 1 aliphatic rings. The summed E-state index contributed by atoms with van der Waals surface area (Å²) < 4.78 is 14.4. The molecule has 0 aromatic rings. The van der Waals surface area contributed by atoms with Crippen LogP contribution in [0.2, 0.25) is 0 Å². The summed E-state index contributed by atoms with van der Waals surface area (Å²) >= 11 is 0. The highest BCUT2D eigenvalue weighted by atomic mass is 32.2. The topological polar surface area (TPSA) is 20.3 Å². The first-order chi connectivity index (χ1) is 10.3. The lowest BCUT2D eigenvalue weighted by atomic mass is 10.1. The summed E-state index contributed by atoms with van der Waals surface area (Å²) in [6.07, 6.45) is 9.28. The van der Waals surface area contributed by atoms with Crippen molar-refractivity contribution < 1.29 is 4.21 Å². The zero-order valence-corrected chi connectivity index (χ0v) is 16.2. The van der Waals surface area contributed by atoms with E-state index in [1.165, 1.54) is 12.0 Å². The van der Waals surface area contributed by atoms with Crippen LogP contribution >= 0.6 is 0 Å². The largest absolute Gasteiger partial charge is 0.237 e. The molecule has 1 atom stereocenters. The smallest absolute Gasteiger partial charge is 0.127 e. The van der Waals surface area contributed by atoms with Crippen molar-refractivity contribution in [2.75, 3.05) is 13.1 Å². The molecule has 0 saturated carbocycles. The second kappa shape index (κ2) is 11.8. The molecule has 1 heterocycles. The van der Waals surface area contributed by atoms with Crippen molar-refractivity contribution in [3.05, 3.63) is 35.3 Å². The van der Waals surface area contributed by atoms with E-state index in [0.29, 0.717) is 5.92 Å². The van der Waals surface area contributed by atoms with E-state index in [9.17, 15) is 4.21 Å². The molecule has 2 nitrogen and oxygen atoms in total. The van der Waals surface area contributed by atoms with Crippen LogP contribution in [0.5, 0.6) is 0 Å². The van der Waals surface area contributed by atoms with Crippen LogP contribution in [-0.4, -0.2) is 21.6 Å². The molecule has 0 radical (unpaired) electrons. The highest BCUT2D eigenvalue weighted by Crippen LogP contribution is 2.17. The molecule has 1 saturated heterocycles. The predicted molar refractivity (Wildman–Crippen MR) is 101 cm³/mol. The maximum Gasteiger partial charge on any atom is 0.127 e. The molecule has 1 unspecified atom stereocenters. The zero-order chi connectivity index (χ0) is 17.1. The first-order valence-corrected chi connectivity index (χ1v) is 9.58. The van der Waals surface area contributed by atoms with Gasteiger partial charge >= 0.3 is 0 Å². The van der Waals surface area contributed by atoms with Crippen LogP contribution in [-0.2, 0) is 11.0 Å². The number of allylic oxidation sites excluding steroid dienone is 4. The molecule has 1 aliphatic heterocycles. The van der Waals surface area contributed by atoms with E-state index in [4.69, 9.17) is 0 Å². The highest BCUT2D eigenvalue weighted by Gasteiger charge is 2.17. The minimum absolute atomic E-state index is 0.524. The Morgan fingerprint density at radius 2 is 1.55 bits per heavy atom. The number of hydrogen-bond donors (Lipinski definition) is 0. The average molecular weight is 326 g/mol. The van der Waals surface area contributed by atoms with E-state index in [0.717, 1.165) is 36.8 Å². The van der Waals surface area contributed by atoms with Crippen LogP contribution < -0.4 is 0 Å². The van der Waals surface area contributed by atoms with Gasteiger partial charge in [0.15, 0.2) is 0 Å². The Morgan fingerprint density at radius 1 is 1.05 bits per heavy atom. The second-order valence-electron chi connectivity index (χ2n) is 6.81. The van der Waals surface area contributed by atoms with Gasteiger partial charge in [-0.05, 0) is 37.7 Å². The van der Waals surface area contributed by atoms with Gasteiger partial charge in [-0.2, -0.15) is 0 Å². The summed E-state index contributed by atoms with van der Waals surface area (Å²) in [6, 6.07) is 0. The third-order valence-corrected chi connectivity index (χ3v) is 4.91. The average Bonchev–Trinajstić information content (AvgIpc) is 2.47. The summed E-state index contributed by atoms with van der Waals surface area (Å²) in [7, 11) is -1.04. The molecule has 128 valence electrons. The lowest BCUT2D eigenvalue weighted by molar-refractivity contribution is 0.368. The van der Waals surface area contributed by atoms with Crippen LogP contribution in [0.1, 0.15) is 60.8 Å². The Labute approximate surface area is 141 Å². The minimum atomic E-state index is -1.04. The van der Waals surface area contributed by atoms with Gasteiger partial charge in [0.1, 0.15) is 11.0 Å². The second-order valence-corrected chi connectivity index (χ2v) is 8.30. The first kappa shape index (κ1) is 21.3. The van der Waals surface area contributed by atoms with Crippen molar-refractivity contribution in [2.24, 2.45) is 11.8 Å². The van der Waals surface area contributed by atoms with E-state index in [1.807, 2.05) is 6.08 Å². The molecule has 0 amide bonds. The van der Waals surface area contributed by atoms with Gasteiger partial charge in [-0.25, -0.2) is 8.51 Å². The van der Waals surface area contributed by atoms with Crippen molar-refractivity contribution in [2.45, 2.75) is 60.8 Å². The molecule has 0 bridgehead atoms. The number of hydrogen-bond acceptors (Lipinski definition) is 1. The molecule has 1 fully saturated rings. The van der Waals surface area contributed by atoms with E-state index in [-0.39, 0.29) is 0 Å². The van der Waals surface area contributed by atoms with E-state index >= 15 is 0 Å². The van der Waals surface area contributed by atoms with Crippen LogP contribution in [0.4, 0.5) is 0 Å². The standard InChI is InChI=1S/C15H25NOS.C4H10/c1-5-15(10-9-14(4)13(2)3)18(17)16-11-7-6-8-12-16;1-4(2)3/h5,9-10,13H,1,6-8,11-12H2,2-4H3;4H,1-3H3/b14-9+,15-10+;. The molecule has 0 N–H and O–H groups in total. The Bertz CT molecular complexity index is 399. The maximum absolute atomic E-state index is 12.4. The Hall–Kier alpha value is -0.670. The molecule has 3 heteroatoms. The lowest BCUT2D eigenvalue weighted by Crippen LogP contribution is -2.31. The Morgan fingerprint density at radius 3 is 1.95 bits per heavy atom. The van der Waals surface area contributed by atoms with Gasteiger partial charge in [0.05, 0.1) is 4.91 Å². The molecule has 0 spiro atoms. The van der Waals surface area contributed by atoms with Crippen LogP contribution in [0.3, 0.4) is 0 Å². The summed E-state index contributed by atoms with van der Waals surface area (Å²) in [5, 5.41) is 0. The number of rotatable bonds is 5. The maximum atomic E-state index is 12.4. The van der Waals surface area contributed by atoms with Crippen molar-refractivity contribution in [1.29, 1.82) is 0 Å². The van der Waals surface area contributed by atoms with E-state index in [1.54, 1.807) is 6.08 Å². The molecule has 0 aromatic carbocycles. The van der Waals surface area contributed by atoms with Gasteiger partial charge in [-0.15, -0.1) is 0 Å². The monoisotopic (exact) mass is 325 g/mol. The van der Waals surface area contributed by atoms with Crippen molar-refractivity contribution in [3.8, 4) is 0 Å². The van der Waals surface area contributed by atoms with Gasteiger partial charge in [0, 0.05) is 13.1 Å². The number of nitrogens with zero attached hydrogens (tertiary/aromatic N) is 1. The fourth-order valence-electron chi connectivity index (χ4n) is 1.78. The molecule has 0 aromatic heterocycles. The third-order valence-electron chi connectivity index (χ3n) is 3.37. The van der Waals surface area contributed by atoms with Crippen molar-refractivity contribution in [3.63, 3.8) is 0 Å². The summed E-state index contributed by atoms with van der Waals surface area (Å²) in [5.41, 5.74) is 1.30. The minimum Gasteiger partial charge on any atom is -0.237 e. The first-order valence-electron chi connectivity index (χ1n) is 8.47. The fraction of sp³-hybridized carbons (Fsp3) is 0.684. The highest BCUT2D eigenvalue weighted by molar-refractivity contribution is 7.86. The Balaban J connectivity index is 0.000000980. The summed E-state index contributed by atoms with van der Waals surface area (Å²) in [6.45, 7) is 18.6. The molecular formula is C19H35NOS. The van der Waals surface area contributed by atoms with Gasteiger partial charge < -0.3 is 0 Å². The van der Waals surface area contributed by atoms with E-state index < -0.39 is 11.0 Å². The Kier molecular flexibility index (Phi) is 11.5. The molecule has 22 heavy (non-hydrogen) atoms.